The molecule has 20 heavy (non-hydrogen) atoms. The maximum absolute atomic E-state index is 12.8. The summed E-state index contributed by atoms with van der Waals surface area (Å²) in [6, 6.07) is 2.05. The number of nitrogens with one attached hydrogen (secondary N) is 1. The Hall–Kier alpha value is -1.98. The van der Waals surface area contributed by atoms with Crippen LogP contribution >= 0.6 is 0 Å². The van der Waals surface area contributed by atoms with E-state index < -0.39 is 11.9 Å². The van der Waals surface area contributed by atoms with Crippen molar-refractivity contribution in [2.45, 2.75) is 45.2 Å². The van der Waals surface area contributed by atoms with Crippen molar-refractivity contribution in [3.63, 3.8) is 0 Å². The van der Waals surface area contributed by atoms with Crippen molar-refractivity contribution in [3.05, 3.63) is 24.1 Å². The van der Waals surface area contributed by atoms with Gasteiger partial charge in [-0.3, -0.25) is 14.5 Å². The number of nitrogens with zero attached hydrogens (tertiary/aromatic N) is 2. The van der Waals surface area contributed by atoms with E-state index in [1.165, 1.54) is 17.0 Å². The minimum absolute atomic E-state index is 0.0528. The van der Waals surface area contributed by atoms with Gasteiger partial charge in [0.05, 0.1) is 12.6 Å². The van der Waals surface area contributed by atoms with Crippen molar-refractivity contribution in [1.82, 2.24) is 9.88 Å². The van der Waals surface area contributed by atoms with E-state index in [2.05, 4.69) is 10.3 Å². The van der Waals surface area contributed by atoms with Crippen molar-refractivity contribution in [2.75, 3.05) is 5.32 Å². The van der Waals surface area contributed by atoms with Gasteiger partial charge >= 0.3 is 0 Å². The molecule has 0 aliphatic carbocycles. The van der Waals surface area contributed by atoms with Gasteiger partial charge in [0, 0.05) is 6.04 Å². The number of imide groups is 1. The molecule has 1 aliphatic heterocycles. The van der Waals surface area contributed by atoms with Crippen LogP contribution in [-0.2, 0) is 9.59 Å². The van der Waals surface area contributed by atoms with E-state index in [4.69, 9.17) is 0 Å². The standard InChI is InChI=1S/C14H18FN3O2/c1-3-10(4-2)18-13(19)7-11(14(18)20)17-12-6-5-9(15)8-16-12/h5-6,8,10-11H,3-4,7H2,1-2H3,(H,16,17). The summed E-state index contributed by atoms with van der Waals surface area (Å²) >= 11 is 0. The zero-order valence-electron chi connectivity index (χ0n) is 11.6. The van der Waals surface area contributed by atoms with Crippen LogP contribution in [-0.4, -0.2) is 33.8 Å². The molecule has 0 radical (unpaired) electrons. The van der Waals surface area contributed by atoms with Crippen LogP contribution in [0.4, 0.5) is 10.2 Å². The van der Waals surface area contributed by atoms with Gasteiger partial charge in [-0.2, -0.15) is 0 Å². The van der Waals surface area contributed by atoms with Crippen LogP contribution in [0.5, 0.6) is 0 Å². The number of aromatic nitrogens is 1. The molecule has 1 aliphatic rings. The monoisotopic (exact) mass is 279 g/mol. The summed E-state index contributed by atoms with van der Waals surface area (Å²) in [4.78, 5) is 29.5. The highest BCUT2D eigenvalue weighted by Crippen LogP contribution is 2.22. The Morgan fingerprint density at radius 2 is 2.10 bits per heavy atom. The van der Waals surface area contributed by atoms with Gasteiger partial charge in [-0.05, 0) is 25.0 Å². The third-order valence-corrected chi connectivity index (χ3v) is 3.54. The lowest BCUT2D eigenvalue weighted by atomic mass is 10.1. The van der Waals surface area contributed by atoms with Gasteiger partial charge in [0.15, 0.2) is 0 Å². The average molecular weight is 279 g/mol. The minimum atomic E-state index is -0.610. The number of halogens is 1. The number of amides is 2. The third kappa shape index (κ3) is 2.79. The maximum atomic E-state index is 12.8. The predicted molar refractivity (Wildman–Crippen MR) is 72.4 cm³/mol. The summed E-state index contributed by atoms with van der Waals surface area (Å²) < 4.78 is 12.8. The predicted octanol–water partition coefficient (Wildman–Crippen LogP) is 1.95. The summed E-state index contributed by atoms with van der Waals surface area (Å²) in [6.45, 7) is 3.91. The first-order valence-corrected chi connectivity index (χ1v) is 6.80. The lowest BCUT2D eigenvalue weighted by Crippen LogP contribution is -2.41. The topological polar surface area (TPSA) is 62.3 Å². The Morgan fingerprint density at radius 3 is 2.65 bits per heavy atom. The van der Waals surface area contributed by atoms with Crippen LogP contribution in [0.1, 0.15) is 33.1 Å². The van der Waals surface area contributed by atoms with Crippen molar-refractivity contribution in [2.24, 2.45) is 0 Å². The Balaban J connectivity index is 2.09. The zero-order chi connectivity index (χ0) is 14.7. The summed E-state index contributed by atoms with van der Waals surface area (Å²) in [5.41, 5.74) is 0. The summed E-state index contributed by atoms with van der Waals surface area (Å²) in [6.07, 6.45) is 2.68. The quantitative estimate of drug-likeness (QED) is 0.837. The Kier molecular flexibility index (Phi) is 4.32. The van der Waals surface area contributed by atoms with Crippen LogP contribution in [0.2, 0.25) is 0 Å². The number of carbonyl (C=O) groups excluding carboxylic acids is 2. The SMILES string of the molecule is CCC(CC)N1C(=O)CC(Nc2ccc(F)cn2)C1=O. The normalized spacial score (nSPS) is 19.0. The second-order valence-electron chi connectivity index (χ2n) is 4.84. The van der Waals surface area contributed by atoms with E-state index in [-0.39, 0.29) is 24.3 Å². The van der Waals surface area contributed by atoms with E-state index in [0.717, 1.165) is 19.0 Å². The number of pyridine rings is 1. The van der Waals surface area contributed by atoms with Gasteiger partial charge in [-0.1, -0.05) is 13.8 Å². The number of hydrogen-bond donors (Lipinski definition) is 1. The summed E-state index contributed by atoms with van der Waals surface area (Å²) in [7, 11) is 0. The summed E-state index contributed by atoms with van der Waals surface area (Å²) in [5, 5.41) is 2.89. The van der Waals surface area contributed by atoms with Gasteiger partial charge in [-0.15, -0.1) is 0 Å². The molecule has 1 saturated heterocycles. The average Bonchev–Trinajstić information content (AvgIpc) is 2.71. The Morgan fingerprint density at radius 1 is 1.40 bits per heavy atom. The molecule has 0 saturated carbocycles. The minimum Gasteiger partial charge on any atom is -0.358 e. The highest BCUT2D eigenvalue weighted by molar-refractivity contribution is 6.07. The lowest BCUT2D eigenvalue weighted by Gasteiger charge is -2.24. The van der Waals surface area contributed by atoms with E-state index in [1.54, 1.807) is 0 Å². The molecule has 108 valence electrons. The summed E-state index contributed by atoms with van der Waals surface area (Å²) in [5.74, 6) is -0.440. The van der Waals surface area contributed by atoms with Crippen LogP contribution in [0, 0.1) is 5.82 Å². The van der Waals surface area contributed by atoms with E-state index >= 15 is 0 Å². The molecule has 0 aromatic carbocycles. The van der Waals surface area contributed by atoms with Gasteiger partial charge in [0.2, 0.25) is 5.91 Å². The van der Waals surface area contributed by atoms with Gasteiger partial charge in [0.25, 0.3) is 5.91 Å². The molecule has 6 heteroatoms. The number of carbonyl (C=O) groups is 2. The van der Waals surface area contributed by atoms with Crippen LogP contribution in [0.15, 0.2) is 18.3 Å². The van der Waals surface area contributed by atoms with Gasteiger partial charge < -0.3 is 5.32 Å². The molecule has 1 N–H and O–H groups in total. The smallest absolute Gasteiger partial charge is 0.252 e. The van der Waals surface area contributed by atoms with Gasteiger partial charge in [0.1, 0.15) is 17.7 Å². The molecular formula is C14H18FN3O2. The number of likely N-dealkylation sites (tertiary alicyclic amines) is 1. The van der Waals surface area contributed by atoms with E-state index in [1.807, 2.05) is 13.8 Å². The largest absolute Gasteiger partial charge is 0.358 e. The van der Waals surface area contributed by atoms with E-state index in [9.17, 15) is 14.0 Å². The lowest BCUT2D eigenvalue weighted by molar-refractivity contribution is -0.141. The molecule has 5 nitrogen and oxygen atoms in total. The van der Waals surface area contributed by atoms with Crippen molar-refractivity contribution < 1.29 is 14.0 Å². The number of rotatable bonds is 5. The molecule has 1 aromatic rings. The first kappa shape index (κ1) is 14.4. The fraction of sp³-hybridized carbons (Fsp3) is 0.500. The number of anilines is 1. The molecule has 2 amide bonds. The second kappa shape index (κ2) is 5.98. The Bertz CT molecular complexity index is 500. The fourth-order valence-electron chi connectivity index (χ4n) is 2.44. The maximum Gasteiger partial charge on any atom is 0.252 e. The first-order valence-electron chi connectivity index (χ1n) is 6.80. The molecule has 1 unspecified atom stereocenters. The molecule has 2 heterocycles. The van der Waals surface area contributed by atoms with Crippen molar-refractivity contribution in [3.8, 4) is 0 Å². The third-order valence-electron chi connectivity index (χ3n) is 3.54. The molecule has 1 aromatic heterocycles. The van der Waals surface area contributed by atoms with Crippen molar-refractivity contribution in [1.29, 1.82) is 0 Å². The molecule has 0 spiro atoms. The van der Waals surface area contributed by atoms with Crippen LogP contribution in [0.25, 0.3) is 0 Å². The van der Waals surface area contributed by atoms with Gasteiger partial charge in [-0.25, -0.2) is 9.37 Å². The molecule has 0 bridgehead atoms. The number of hydrogen-bond acceptors (Lipinski definition) is 4. The molecule has 2 rings (SSSR count). The second-order valence-corrected chi connectivity index (χ2v) is 4.84. The van der Waals surface area contributed by atoms with E-state index in [0.29, 0.717) is 5.82 Å². The first-order chi connectivity index (χ1) is 9.56. The van der Waals surface area contributed by atoms with Crippen LogP contribution < -0.4 is 5.32 Å². The molecule has 1 fully saturated rings. The fourth-order valence-corrected chi connectivity index (χ4v) is 2.44. The molecule has 1 atom stereocenters. The highest BCUT2D eigenvalue weighted by Gasteiger charge is 2.41. The van der Waals surface area contributed by atoms with Crippen LogP contribution in [0.3, 0.4) is 0 Å². The van der Waals surface area contributed by atoms with Crippen molar-refractivity contribution >= 4 is 17.6 Å². The molecular weight excluding hydrogens is 261 g/mol. The zero-order valence-corrected chi connectivity index (χ0v) is 11.6. The Labute approximate surface area is 117 Å². The highest BCUT2D eigenvalue weighted by atomic mass is 19.1.